The number of aromatic nitrogens is 2. The molecular formula is C11H18N4. The second-order valence-electron chi connectivity index (χ2n) is 4.45. The van der Waals surface area contributed by atoms with E-state index in [1.165, 1.54) is 12.8 Å². The van der Waals surface area contributed by atoms with Crippen molar-refractivity contribution in [2.75, 3.05) is 17.2 Å². The van der Waals surface area contributed by atoms with Crippen molar-refractivity contribution in [3.05, 3.63) is 12.4 Å². The molecule has 0 atom stereocenters. The summed E-state index contributed by atoms with van der Waals surface area (Å²) in [5.41, 5.74) is 5.84. The Morgan fingerprint density at radius 1 is 1.40 bits per heavy atom. The van der Waals surface area contributed by atoms with Crippen molar-refractivity contribution >= 4 is 11.6 Å². The lowest BCUT2D eigenvalue weighted by Crippen LogP contribution is -2.34. The summed E-state index contributed by atoms with van der Waals surface area (Å²) in [6.45, 7) is 5.38. The molecule has 15 heavy (non-hydrogen) atoms. The summed E-state index contributed by atoms with van der Waals surface area (Å²) >= 11 is 0. The van der Waals surface area contributed by atoms with Gasteiger partial charge in [0.2, 0.25) is 0 Å². The fourth-order valence-electron chi connectivity index (χ4n) is 1.68. The van der Waals surface area contributed by atoms with Crippen LogP contribution in [0.5, 0.6) is 0 Å². The average molecular weight is 206 g/mol. The molecule has 0 radical (unpaired) electrons. The van der Waals surface area contributed by atoms with Crippen LogP contribution in [-0.4, -0.2) is 22.6 Å². The Kier molecular flexibility index (Phi) is 2.75. The van der Waals surface area contributed by atoms with Crippen molar-refractivity contribution in [2.45, 2.75) is 32.7 Å². The highest BCUT2D eigenvalue weighted by molar-refractivity contribution is 5.57. The molecule has 0 aromatic carbocycles. The fraction of sp³-hybridized carbons (Fsp3) is 0.636. The minimum Gasteiger partial charge on any atom is -0.381 e. The summed E-state index contributed by atoms with van der Waals surface area (Å²) in [5, 5.41) is 0. The number of nitrogen functional groups attached to an aromatic ring is 1. The predicted molar refractivity (Wildman–Crippen MR) is 61.7 cm³/mol. The molecule has 2 rings (SSSR count). The van der Waals surface area contributed by atoms with Gasteiger partial charge in [-0.05, 0) is 32.6 Å². The first-order chi connectivity index (χ1) is 7.18. The molecule has 0 unspecified atom stereocenters. The third-order valence-electron chi connectivity index (χ3n) is 2.75. The first-order valence-electron chi connectivity index (χ1n) is 5.51. The quantitative estimate of drug-likeness (QED) is 0.814. The van der Waals surface area contributed by atoms with E-state index in [1.807, 2.05) is 0 Å². The zero-order valence-corrected chi connectivity index (χ0v) is 9.35. The van der Waals surface area contributed by atoms with Gasteiger partial charge in [0.05, 0.1) is 0 Å². The van der Waals surface area contributed by atoms with Crippen LogP contribution in [0, 0.1) is 5.92 Å². The van der Waals surface area contributed by atoms with Gasteiger partial charge in [0.1, 0.15) is 0 Å². The van der Waals surface area contributed by atoms with E-state index in [0.29, 0.717) is 11.9 Å². The van der Waals surface area contributed by atoms with Crippen molar-refractivity contribution in [3.8, 4) is 0 Å². The highest BCUT2D eigenvalue weighted by Gasteiger charge is 2.27. The SMILES string of the molecule is CC(C)N(CC1CC1)c1nccnc1N. The lowest BCUT2D eigenvalue weighted by molar-refractivity contribution is 0.636. The standard InChI is InChI=1S/C11H18N4/c1-8(2)15(7-9-3-4-9)11-10(12)13-5-6-14-11/h5-6,8-9H,3-4,7H2,1-2H3,(H2,12,13). The van der Waals surface area contributed by atoms with Crippen molar-refractivity contribution in [1.82, 2.24) is 9.97 Å². The molecule has 0 bridgehead atoms. The van der Waals surface area contributed by atoms with E-state index < -0.39 is 0 Å². The summed E-state index contributed by atoms with van der Waals surface area (Å²) in [6.07, 6.45) is 6.01. The molecule has 4 heteroatoms. The first-order valence-corrected chi connectivity index (χ1v) is 5.51. The highest BCUT2D eigenvalue weighted by atomic mass is 15.2. The van der Waals surface area contributed by atoms with Gasteiger partial charge in [0.15, 0.2) is 11.6 Å². The maximum atomic E-state index is 5.84. The van der Waals surface area contributed by atoms with Crippen LogP contribution in [0.3, 0.4) is 0 Å². The molecule has 1 saturated carbocycles. The predicted octanol–water partition coefficient (Wildman–Crippen LogP) is 1.68. The van der Waals surface area contributed by atoms with E-state index in [2.05, 4.69) is 28.7 Å². The van der Waals surface area contributed by atoms with Gasteiger partial charge in [-0.2, -0.15) is 0 Å². The van der Waals surface area contributed by atoms with Crippen molar-refractivity contribution in [2.24, 2.45) is 5.92 Å². The van der Waals surface area contributed by atoms with Crippen LogP contribution in [0.25, 0.3) is 0 Å². The molecule has 1 aliphatic carbocycles. The van der Waals surface area contributed by atoms with E-state index in [0.717, 1.165) is 18.3 Å². The summed E-state index contributed by atoms with van der Waals surface area (Å²) in [6, 6.07) is 0.421. The smallest absolute Gasteiger partial charge is 0.171 e. The number of nitrogens with two attached hydrogens (primary N) is 1. The van der Waals surface area contributed by atoms with Gasteiger partial charge in [0.25, 0.3) is 0 Å². The topological polar surface area (TPSA) is 55.0 Å². The van der Waals surface area contributed by atoms with Gasteiger partial charge >= 0.3 is 0 Å². The van der Waals surface area contributed by atoms with E-state index in [1.54, 1.807) is 12.4 Å². The van der Waals surface area contributed by atoms with Crippen LogP contribution < -0.4 is 10.6 Å². The Morgan fingerprint density at radius 2 is 2.07 bits per heavy atom. The first kappa shape index (κ1) is 10.2. The average Bonchev–Trinajstić information content (AvgIpc) is 2.99. The maximum absolute atomic E-state index is 5.84. The zero-order chi connectivity index (χ0) is 10.8. The van der Waals surface area contributed by atoms with Crippen molar-refractivity contribution in [1.29, 1.82) is 0 Å². The second-order valence-corrected chi connectivity index (χ2v) is 4.45. The van der Waals surface area contributed by atoms with Crippen LogP contribution >= 0.6 is 0 Å². The third-order valence-corrected chi connectivity index (χ3v) is 2.75. The lowest BCUT2D eigenvalue weighted by Gasteiger charge is -2.28. The monoisotopic (exact) mass is 206 g/mol. The number of hydrogen-bond acceptors (Lipinski definition) is 4. The molecule has 1 aliphatic rings. The Morgan fingerprint density at radius 3 is 2.60 bits per heavy atom. The zero-order valence-electron chi connectivity index (χ0n) is 9.35. The molecule has 2 N–H and O–H groups in total. The molecule has 0 spiro atoms. The molecule has 1 fully saturated rings. The molecule has 82 valence electrons. The second kappa shape index (κ2) is 4.04. The lowest BCUT2D eigenvalue weighted by atomic mass is 10.2. The summed E-state index contributed by atoms with van der Waals surface area (Å²) in [4.78, 5) is 10.7. The van der Waals surface area contributed by atoms with E-state index >= 15 is 0 Å². The summed E-state index contributed by atoms with van der Waals surface area (Å²) in [7, 11) is 0. The molecule has 1 aromatic heterocycles. The highest BCUT2D eigenvalue weighted by Crippen LogP contribution is 2.32. The molecule has 1 heterocycles. The fourth-order valence-corrected chi connectivity index (χ4v) is 1.68. The molecule has 0 saturated heterocycles. The van der Waals surface area contributed by atoms with Gasteiger partial charge in [-0.1, -0.05) is 0 Å². The molecule has 1 aromatic rings. The summed E-state index contributed by atoms with van der Waals surface area (Å²) < 4.78 is 0. The van der Waals surface area contributed by atoms with Crippen molar-refractivity contribution in [3.63, 3.8) is 0 Å². The van der Waals surface area contributed by atoms with E-state index in [9.17, 15) is 0 Å². The third kappa shape index (κ3) is 2.37. The normalized spacial score (nSPS) is 15.7. The van der Waals surface area contributed by atoms with Crippen LogP contribution in [0.1, 0.15) is 26.7 Å². The Balaban J connectivity index is 2.19. The van der Waals surface area contributed by atoms with Gasteiger partial charge < -0.3 is 10.6 Å². The maximum Gasteiger partial charge on any atom is 0.171 e. The number of rotatable bonds is 4. The number of hydrogen-bond donors (Lipinski definition) is 1. The van der Waals surface area contributed by atoms with E-state index in [-0.39, 0.29) is 0 Å². The Bertz CT molecular complexity index is 333. The Hall–Kier alpha value is -1.32. The van der Waals surface area contributed by atoms with Gasteiger partial charge in [-0.25, -0.2) is 9.97 Å². The van der Waals surface area contributed by atoms with Crippen LogP contribution in [0.2, 0.25) is 0 Å². The van der Waals surface area contributed by atoms with Crippen LogP contribution in [-0.2, 0) is 0 Å². The van der Waals surface area contributed by atoms with Crippen LogP contribution in [0.4, 0.5) is 11.6 Å². The molecule has 0 amide bonds. The Labute approximate surface area is 90.5 Å². The van der Waals surface area contributed by atoms with Crippen molar-refractivity contribution < 1.29 is 0 Å². The molecular weight excluding hydrogens is 188 g/mol. The van der Waals surface area contributed by atoms with Gasteiger partial charge in [-0.15, -0.1) is 0 Å². The van der Waals surface area contributed by atoms with E-state index in [4.69, 9.17) is 5.73 Å². The molecule has 4 nitrogen and oxygen atoms in total. The summed E-state index contributed by atoms with van der Waals surface area (Å²) in [5.74, 6) is 2.19. The molecule has 0 aliphatic heterocycles. The minimum absolute atomic E-state index is 0.421. The van der Waals surface area contributed by atoms with Crippen LogP contribution in [0.15, 0.2) is 12.4 Å². The minimum atomic E-state index is 0.421. The number of anilines is 2. The largest absolute Gasteiger partial charge is 0.381 e. The van der Waals surface area contributed by atoms with Gasteiger partial charge in [0, 0.05) is 25.0 Å². The van der Waals surface area contributed by atoms with Gasteiger partial charge in [-0.3, -0.25) is 0 Å². The number of nitrogens with zero attached hydrogens (tertiary/aromatic N) is 3.